The van der Waals surface area contributed by atoms with Crippen molar-refractivity contribution in [3.8, 4) is 0 Å². The maximum atomic E-state index is 6.48. The average molecular weight is 275 g/mol. The number of hydrogen-bond acceptors (Lipinski definition) is 1. The maximum Gasteiger partial charge on any atom is 0.0847 e. The van der Waals surface area contributed by atoms with Gasteiger partial charge in [-0.15, -0.1) is 11.6 Å². The Balaban J connectivity index is 2.13. The van der Waals surface area contributed by atoms with Crippen LogP contribution in [0.3, 0.4) is 0 Å². The zero-order chi connectivity index (χ0) is 12.4. The lowest BCUT2D eigenvalue weighted by Crippen LogP contribution is -2.17. The molecule has 1 fully saturated rings. The number of rotatable bonds is 2. The molecule has 17 heavy (non-hydrogen) atoms. The zero-order valence-electron chi connectivity index (χ0n) is 10.5. The first-order chi connectivity index (χ1) is 8.09. The monoisotopic (exact) mass is 274 g/mol. The van der Waals surface area contributed by atoms with E-state index < -0.39 is 0 Å². The van der Waals surface area contributed by atoms with Gasteiger partial charge in [0.15, 0.2) is 0 Å². The summed E-state index contributed by atoms with van der Waals surface area (Å²) in [4.78, 5) is 0. The highest BCUT2D eigenvalue weighted by atomic mass is 35.5. The minimum absolute atomic E-state index is 0.295. The maximum absolute atomic E-state index is 6.48. The molecule has 0 amide bonds. The van der Waals surface area contributed by atoms with Gasteiger partial charge >= 0.3 is 0 Å². The van der Waals surface area contributed by atoms with Gasteiger partial charge in [0, 0.05) is 12.4 Å². The molecule has 1 aliphatic rings. The van der Waals surface area contributed by atoms with Gasteiger partial charge in [-0.3, -0.25) is 4.68 Å². The molecule has 1 heterocycles. The van der Waals surface area contributed by atoms with Gasteiger partial charge in [0.1, 0.15) is 0 Å². The summed E-state index contributed by atoms with van der Waals surface area (Å²) >= 11 is 12.8. The lowest BCUT2D eigenvalue weighted by Gasteiger charge is -2.19. The molecule has 1 aliphatic carbocycles. The van der Waals surface area contributed by atoms with Crippen molar-refractivity contribution >= 4 is 23.2 Å². The highest BCUT2D eigenvalue weighted by molar-refractivity contribution is 6.31. The third-order valence-electron chi connectivity index (χ3n) is 3.78. The van der Waals surface area contributed by atoms with Gasteiger partial charge < -0.3 is 0 Å². The van der Waals surface area contributed by atoms with Gasteiger partial charge in [0.2, 0.25) is 0 Å². The fraction of sp³-hybridized carbons (Fsp3) is 0.769. The predicted octanol–water partition coefficient (Wildman–Crippen LogP) is 4.11. The van der Waals surface area contributed by atoms with Crippen molar-refractivity contribution in [1.82, 2.24) is 9.78 Å². The largest absolute Gasteiger partial charge is 0.271 e. The summed E-state index contributed by atoms with van der Waals surface area (Å²) in [7, 11) is 1.97. The van der Waals surface area contributed by atoms with Gasteiger partial charge in [0.05, 0.1) is 16.4 Å². The molecule has 0 spiro atoms. The Morgan fingerprint density at radius 1 is 1.29 bits per heavy atom. The normalized spacial score (nSPS) is 25.9. The van der Waals surface area contributed by atoms with Crippen LogP contribution in [0, 0.1) is 12.8 Å². The van der Waals surface area contributed by atoms with Crippen molar-refractivity contribution in [3.05, 3.63) is 16.4 Å². The van der Waals surface area contributed by atoms with Crippen LogP contribution in [0.5, 0.6) is 0 Å². The van der Waals surface area contributed by atoms with Gasteiger partial charge in [0.25, 0.3) is 0 Å². The van der Waals surface area contributed by atoms with E-state index in [4.69, 9.17) is 23.2 Å². The molecule has 0 N–H and O–H groups in total. The zero-order valence-corrected chi connectivity index (χ0v) is 12.1. The fourth-order valence-electron chi connectivity index (χ4n) is 2.72. The molecule has 0 aliphatic heterocycles. The highest BCUT2D eigenvalue weighted by Crippen LogP contribution is 2.32. The van der Waals surface area contributed by atoms with Crippen molar-refractivity contribution in [1.29, 1.82) is 0 Å². The van der Waals surface area contributed by atoms with Crippen LogP contribution in [-0.2, 0) is 13.5 Å². The van der Waals surface area contributed by atoms with E-state index in [0.717, 1.165) is 29.3 Å². The summed E-state index contributed by atoms with van der Waals surface area (Å²) in [5.74, 6) is 0.548. The Morgan fingerprint density at radius 3 is 2.65 bits per heavy atom. The van der Waals surface area contributed by atoms with E-state index >= 15 is 0 Å². The van der Waals surface area contributed by atoms with Crippen molar-refractivity contribution in [2.75, 3.05) is 0 Å². The minimum atomic E-state index is 0.295. The SMILES string of the molecule is Cc1nn(C)c(CC2CCCCCC2Cl)c1Cl. The van der Waals surface area contributed by atoms with E-state index in [2.05, 4.69) is 5.10 Å². The minimum Gasteiger partial charge on any atom is -0.271 e. The molecule has 2 unspecified atom stereocenters. The molecule has 1 saturated carbocycles. The molecule has 2 rings (SSSR count). The summed E-state index contributed by atoms with van der Waals surface area (Å²) in [6, 6.07) is 0. The Hall–Kier alpha value is -0.210. The molecule has 4 heteroatoms. The molecule has 2 nitrogen and oxygen atoms in total. The topological polar surface area (TPSA) is 17.8 Å². The molecule has 0 aromatic carbocycles. The van der Waals surface area contributed by atoms with Crippen LogP contribution < -0.4 is 0 Å². The first kappa shape index (κ1) is 13.2. The van der Waals surface area contributed by atoms with Gasteiger partial charge in [-0.1, -0.05) is 30.9 Å². The van der Waals surface area contributed by atoms with Gasteiger partial charge in [-0.05, 0) is 32.1 Å². The second-order valence-electron chi connectivity index (χ2n) is 5.09. The van der Waals surface area contributed by atoms with Gasteiger partial charge in [-0.2, -0.15) is 5.10 Å². The average Bonchev–Trinajstić information content (AvgIpc) is 2.45. The third kappa shape index (κ3) is 2.97. The van der Waals surface area contributed by atoms with Crippen LogP contribution in [0.25, 0.3) is 0 Å². The van der Waals surface area contributed by atoms with Crippen LogP contribution in [0.2, 0.25) is 5.02 Å². The number of hydrogen-bond donors (Lipinski definition) is 0. The van der Waals surface area contributed by atoms with Gasteiger partial charge in [-0.25, -0.2) is 0 Å². The molecule has 1 aromatic heterocycles. The molecule has 0 saturated heterocycles. The lowest BCUT2D eigenvalue weighted by molar-refractivity contribution is 0.451. The molecular formula is C13H20Cl2N2. The summed E-state index contributed by atoms with van der Waals surface area (Å²) in [6.45, 7) is 1.96. The van der Waals surface area contributed by atoms with Crippen LogP contribution in [-0.4, -0.2) is 15.2 Å². The Kier molecular flexibility index (Phi) is 4.37. The molecule has 96 valence electrons. The van der Waals surface area contributed by atoms with E-state index in [9.17, 15) is 0 Å². The number of halogens is 2. The third-order valence-corrected chi connectivity index (χ3v) is 4.85. The summed E-state index contributed by atoms with van der Waals surface area (Å²) in [5.41, 5.74) is 2.06. The second kappa shape index (κ2) is 5.62. The van der Waals surface area contributed by atoms with E-state index in [0.29, 0.717) is 11.3 Å². The summed E-state index contributed by atoms with van der Waals surface area (Å²) in [5, 5.41) is 5.48. The molecule has 1 aromatic rings. The standard InChI is InChI=1S/C13H20Cl2N2/c1-9-13(15)12(17(2)16-9)8-10-6-4-3-5-7-11(10)14/h10-11H,3-8H2,1-2H3. The smallest absolute Gasteiger partial charge is 0.0847 e. The first-order valence-electron chi connectivity index (χ1n) is 6.41. The Morgan fingerprint density at radius 2 is 2.00 bits per heavy atom. The van der Waals surface area contributed by atoms with Crippen LogP contribution >= 0.6 is 23.2 Å². The second-order valence-corrected chi connectivity index (χ2v) is 6.03. The molecule has 0 radical (unpaired) electrons. The van der Waals surface area contributed by atoms with Crippen molar-refractivity contribution in [3.63, 3.8) is 0 Å². The Labute approximate surface area is 113 Å². The van der Waals surface area contributed by atoms with E-state index in [1.807, 2.05) is 18.7 Å². The lowest BCUT2D eigenvalue weighted by atomic mass is 9.94. The van der Waals surface area contributed by atoms with Crippen LogP contribution in [0.1, 0.15) is 43.5 Å². The molecule has 0 bridgehead atoms. The molecule has 2 atom stereocenters. The summed E-state index contributed by atoms with van der Waals surface area (Å²) < 4.78 is 1.91. The van der Waals surface area contributed by atoms with Crippen molar-refractivity contribution < 1.29 is 0 Å². The highest BCUT2D eigenvalue weighted by Gasteiger charge is 2.24. The quantitative estimate of drug-likeness (QED) is 0.586. The number of alkyl halides is 1. The van der Waals surface area contributed by atoms with Crippen molar-refractivity contribution in [2.24, 2.45) is 13.0 Å². The first-order valence-corrected chi connectivity index (χ1v) is 7.23. The van der Waals surface area contributed by atoms with E-state index in [-0.39, 0.29) is 0 Å². The number of nitrogens with zero attached hydrogens (tertiary/aromatic N) is 2. The number of aromatic nitrogens is 2. The van der Waals surface area contributed by atoms with Crippen LogP contribution in [0.4, 0.5) is 0 Å². The molecular weight excluding hydrogens is 255 g/mol. The predicted molar refractivity (Wildman–Crippen MR) is 72.9 cm³/mol. The fourth-order valence-corrected chi connectivity index (χ4v) is 3.33. The number of aryl methyl sites for hydroxylation is 2. The Bertz CT molecular complexity index is 387. The van der Waals surface area contributed by atoms with Crippen molar-refractivity contribution in [2.45, 2.75) is 50.8 Å². The summed E-state index contributed by atoms with van der Waals surface area (Å²) in [6.07, 6.45) is 7.20. The van der Waals surface area contributed by atoms with Crippen LogP contribution in [0.15, 0.2) is 0 Å². The van der Waals surface area contributed by atoms with E-state index in [1.54, 1.807) is 0 Å². The van der Waals surface area contributed by atoms with E-state index in [1.165, 1.54) is 25.7 Å².